The fourth-order valence-corrected chi connectivity index (χ4v) is 9.09. The van der Waals surface area contributed by atoms with E-state index in [1.54, 1.807) is 0 Å². The molecule has 0 spiro atoms. The van der Waals surface area contributed by atoms with Crippen LogP contribution in [0.1, 0.15) is 26.3 Å². The Labute approximate surface area is 359 Å². The van der Waals surface area contributed by atoms with Gasteiger partial charge < -0.3 is 4.90 Å². The molecule has 61 heavy (non-hydrogen) atoms. The van der Waals surface area contributed by atoms with Gasteiger partial charge in [0.2, 0.25) is 0 Å². The molecule has 0 amide bonds. The highest BCUT2D eigenvalue weighted by molar-refractivity contribution is 6.12. The summed E-state index contributed by atoms with van der Waals surface area (Å²) in [4.78, 5) is 2.52. The molecule has 0 atom stereocenters. The fourth-order valence-electron chi connectivity index (χ4n) is 9.09. The Morgan fingerprint density at radius 3 is 1.02 bits per heavy atom. The molecule has 0 saturated carbocycles. The minimum absolute atomic E-state index is 0.0517. The zero-order valence-electron chi connectivity index (χ0n) is 34.9. The third kappa shape index (κ3) is 7.09. The lowest BCUT2D eigenvalue weighted by Crippen LogP contribution is -2.14. The minimum Gasteiger partial charge on any atom is -0.309 e. The molecular formula is C60H47N. The molecule has 10 aromatic rings. The number of hydrogen-bond acceptors (Lipinski definition) is 1. The van der Waals surface area contributed by atoms with E-state index in [-0.39, 0.29) is 5.41 Å². The third-order valence-corrected chi connectivity index (χ3v) is 12.1. The molecule has 0 aromatic heterocycles. The van der Waals surface area contributed by atoms with Crippen molar-refractivity contribution in [2.75, 3.05) is 4.90 Å². The Kier molecular flexibility index (Phi) is 9.87. The SMILES string of the molecule is CC(C)(C)c1ccc(-c2ccccc2N(c2ccccc2-c2cccc3cccc(-c4ccccc4)c23)c2ccccc2-c2cccc3cccc(-c4ccccc4)c23)cc1. The van der Waals surface area contributed by atoms with Crippen molar-refractivity contribution in [1.29, 1.82) is 0 Å². The van der Waals surface area contributed by atoms with Crippen molar-refractivity contribution in [3.63, 3.8) is 0 Å². The molecule has 0 aliphatic rings. The van der Waals surface area contributed by atoms with Gasteiger partial charge in [0.15, 0.2) is 0 Å². The lowest BCUT2D eigenvalue weighted by molar-refractivity contribution is 0.590. The molecule has 1 nitrogen and oxygen atoms in total. The van der Waals surface area contributed by atoms with Crippen LogP contribution in [-0.4, -0.2) is 0 Å². The maximum atomic E-state index is 2.52. The molecule has 0 aliphatic heterocycles. The van der Waals surface area contributed by atoms with E-state index < -0.39 is 0 Å². The first-order valence-electron chi connectivity index (χ1n) is 21.3. The average molecular weight is 782 g/mol. The van der Waals surface area contributed by atoms with Crippen LogP contribution >= 0.6 is 0 Å². The second-order valence-electron chi connectivity index (χ2n) is 16.9. The van der Waals surface area contributed by atoms with Crippen LogP contribution in [0.15, 0.2) is 231 Å². The summed E-state index contributed by atoms with van der Waals surface area (Å²) in [6.07, 6.45) is 0. The van der Waals surface area contributed by atoms with Crippen molar-refractivity contribution >= 4 is 38.6 Å². The number of hydrogen-bond donors (Lipinski definition) is 0. The van der Waals surface area contributed by atoms with Gasteiger partial charge in [-0.1, -0.05) is 233 Å². The average Bonchev–Trinajstić information content (AvgIpc) is 3.32. The van der Waals surface area contributed by atoms with Crippen molar-refractivity contribution in [3.05, 3.63) is 236 Å². The van der Waals surface area contributed by atoms with E-state index in [9.17, 15) is 0 Å². The van der Waals surface area contributed by atoms with E-state index in [1.165, 1.54) is 71.6 Å². The molecule has 10 aromatic carbocycles. The summed E-state index contributed by atoms with van der Waals surface area (Å²) in [7, 11) is 0. The molecular weight excluding hydrogens is 735 g/mol. The van der Waals surface area contributed by atoms with Gasteiger partial charge in [-0.25, -0.2) is 0 Å². The van der Waals surface area contributed by atoms with E-state index in [0.29, 0.717) is 0 Å². The van der Waals surface area contributed by atoms with Gasteiger partial charge in [-0.05, 0) is 89.7 Å². The van der Waals surface area contributed by atoms with Gasteiger partial charge in [0.25, 0.3) is 0 Å². The van der Waals surface area contributed by atoms with Crippen molar-refractivity contribution in [3.8, 4) is 55.6 Å². The molecule has 0 saturated heterocycles. The minimum atomic E-state index is 0.0517. The first-order chi connectivity index (χ1) is 29.9. The van der Waals surface area contributed by atoms with Crippen molar-refractivity contribution in [2.45, 2.75) is 26.2 Å². The molecule has 1 heteroatoms. The summed E-state index contributed by atoms with van der Waals surface area (Å²) in [5.74, 6) is 0. The van der Waals surface area contributed by atoms with E-state index >= 15 is 0 Å². The zero-order valence-corrected chi connectivity index (χ0v) is 34.9. The summed E-state index contributed by atoms with van der Waals surface area (Å²) in [6.45, 7) is 6.83. The van der Waals surface area contributed by atoms with E-state index in [1.807, 2.05) is 0 Å². The second-order valence-corrected chi connectivity index (χ2v) is 16.9. The standard InChI is InChI=1S/C60H47N/c1-60(2,3)47-40-38-44(39-41-47)48-28-10-13-35-55(48)61(56-36-14-11-29-51(56)53-33-18-26-45-24-16-31-49(58(45)53)42-20-6-4-7-21-42)57-37-15-12-30-52(57)54-34-19-27-46-25-17-32-50(59(46)54)43-22-8-5-9-23-43/h4-41H,1-3H3. The van der Waals surface area contributed by atoms with Crippen molar-refractivity contribution in [1.82, 2.24) is 0 Å². The molecule has 0 bridgehead atoms. The second kappa shape index (κ2) is 15.9. The first-order valence-corrected chi connectivity index (χ1v) is 21.3. The molecule has 0 unspecified atom stereocenters. The summed E-state index contributed by atoms with van der Waals surface area (Å²) in [6, 6.07) is 84.4. The van der Waals surface area contributed by atoms with E-state index in [4.69, 9.17) is 0 Å². The molecule has 0 heterocycles. The first kappa shape index (κ1) is 37.8. The highest BCUT2D eigenvalue weighted by Gasteiger charge is 2.25. The Hall–Kier alpha value is -7.48. The normalized spacial score (nSPS) is 11.5. The van der Waals surface area contributed by atoms with Gasteiger partial charge in [0.1, 0.15) is 0 Å². The number of fused-ring (bicyclic) bond motifs is 2. The topological polar surface area (TPSA) is 3.24 Å². The maximum absolute atomic E-state index is 2.52. The van der Waals surface area contributed by atoms with E-state index in [2.05, 4.69) is 256 Å². The summed E-state index contributed by atoms with van der Waals surface area (Å²) in [5, 5.41) is 4.90. The van der Waals surface area contributed by atoms with Crippen LogP contribution in [0.25, 0.3) is 77.2 Å². The Morgan fingerprint density at radius 1 is 0.262 bits per heavy atom. The quantitative estimate of drug-likeness (QED) is 0.148. The largest absolute Gasteiger partial charge is 0.309 e. The lowest BCUT2D eigenvalue weighted by atomic mass is 9.86. The van der Waals surface area contributed by atoms with Crippen LogP contribution in [0.3, 0.4) is 0 Å². The molecule has 0 aliphatic carbocycles. The maximum Gasteiger partial charge on any atom is 0.0540 e. The number of anilines is 3. The van der Waals surface area contributed by atoms with Gasteiger partial charge >= 0.3 is 0 Å². The Morgan fingerprint density at radius 2 is 0.590 bits per heavy atom. The van der Waals surface area contributed by atoms with Gasteiger partial charge in [-0.3, -0.25) is 0 Å². The summed E-state index contributed by atoms with van der Waals surface area (Å²) < 4.78 is 0. The predicted molar refractivity (Wildman–Crippen MR) is 262 cm³/mol. The van der Waals surface area contributed by atoms with Crippen LogP contribution in [-0.2, 0) is 5.41 Å². The molecule has 292 valence electrons. The number of nitrogens with zero attached hydrogens (tertiary/aromatic N) is 1. The van der Waals surface area contributed by atoms with Crippen molar-refractivity contribution < 1.29 is 0 Å². The summed E-state index contributed by atoms with van der Waals surface area (Å²) >= 11 is 0. The van der Waals surface area contributed by atoms with Gasteiger partial charge in [-0.15, -0.1) is 0 Å². The highest BCUT2D eigenvalue weighted by atomic mass is 15.1. The van der Waals surface area contributed by atoms with E-state index in [0.717, 1.165) is 28.2 Å². The molecule has 0 N–H and O–H groups in total. The number of rotatable bonds is 8. The Balaban J connectivity index is 1.27. The van der Waals surface area contributed by atoms with Gasteiger partial charge in [0, 0.05) is 16.7 Å². The Bertz CT molecular complexity index is 2980. The summed E-state index contributed by atoms with van der Waals surface area (Å²) in [5.41, 5.74) is 16.6. The van der Waals surface area contributed by atoms with Gasteiger partial charge in [-0.2, -0.15) is 0 Å². The zero-order chi connectivity index (χ0) is 41.3. The third-order valence-electron chi connectivity index (χ3n) is 12.1. The predicted octanol–water partition coefficient (Wildman–Crippen LogP) is 17.1. The lowest BCUT2D eigenvalue weighted by Gasteiger charge is -2.32. The van der Waals surface area contributed by atoms with Gasteiger partial charge in [0.05, 0.1) is 17.1 Å². The highest BCUT2D eigenvalue weighted by Crippen LogP contribution is 2.50. The van der Waals surface area contributed by atoms with Crippen LogP contribution in [0, 0.1) is 0 Å². The van der Waals surface area contributed by atoms with Crippen LogP contribution in [0.2, 0.25) is 0 Å². The molecule has 0 fully saturated rings. The van der Waals surface area contributed by atoms with Crippen LogP contribution < -0.4 is 4.90 Å². The smallest absolute Gasteiger partial charge is 0.0540 e. The fraction of sp³-hybridized carbons (Fsp3) is 0.0667. The van der Waals surface area contributed by atoms with Crippen LogP contribution in [0.5, 0.6) is 0 Å². The number of benzene rings is 10. The molecule has 0 radical (unpaired) electrons. The molecule has 10 rings (SSSR count). The van der Waals surface area contributed by atoms with Crippen molar-refractivity contribution in [2.24, 2.45) is 0 Å². The number of para-hydroxylation sites is 3. The monoisotopic (exact) mass is 781 g/mol. The van der Waals surface area contributed by atoms with Crippen LogP contribution in [0.4, 0.5) is 17.1 Å².